The van der Waals surface area contributed by atoms with Crippen molar-refractivity contribution in [1.29, 1.82) is 0 Å². The fourth-order valence-corrected chi connectivity index (χ4v) is 1.83. The van der Waals surface area contributed by atoms with E-state index < -0.39 is 5.60 Å². The maximum Gasteiger partial charge on any atom is 0.328 e. The van der Waals surface area contributed by atoms with Gasteiger partial charge in [-0.3, -0.25) is 0 Å². The number of thiazole rings is 1. The lowest BCUT2D eigenvalue weighted by molar-refractivity contribution is -0.155. The molecule has 0 aliphatic carbocycles. The van der Waals surface area contributed by atoms with Gasteiger partial charge in [-0.15, -0.1) is 11.3 Å². The zero-order chi connectivity index (χ0) is 12.3. The van der Waals surface area contributed by atoms with Gasteiger partial charge in [0, 0.05) is 5.38 Å². The Kier molecular flexibility index (Phi) is 3.91. The largest absolute Gasteiger partial charge is 0.458 e. The molecule has 1 rings (SSSR count). The van der Waals surface area contributed by atoms with Crippen molar-refractivity contribution in [3.05, 3.63) is 11.1 Å². The van der Waals surface area contributed by atoms with Gasteiger partial charge in [-0.1, -0.05) is 0 Å². The molecule has 0 radical (unpaired) electrons. The Labute approximate surface area is 100 Å². The molecule has 1 N–H and O–H groups in total. The van der Waals surface area contributed by atoms with E-state index in [1.807, 2.05) is 33.1 Å². The van der Waals surface area contributed by atoms with Gasteiger partial charge in [0.25, 0.3) is 0 Å². The molecular weight excluding hydrogens is 224 g/mol. The lowest BCUT2D eigenvalue weighted by Crippen LogP contribution is -2.34. The van der Waals surface area contributed by atoms with Crippen LogP contribution in [0.15, 0.2) is 5.38 Å². The predicted octanol–water partition coefficient (Wildman–Crippen LogP) is 2.59. The van der Waals surface area contributed by atoms with Gasteiger partial charge < -0.3 is 10.1 Å². The number of esters is 1. The number of carbonyl (C=O) groups excluding carboxylic acids is 1. The molecule has 0 amide bonds. The SMILES string of the molecule is Cc1csc(NC(C)C(=O)OC(C)(C)C)n1. The third-order valence-electron chi connectivity index (χ3n) is 1.72. The van der Waals surface area contributed by atoms with Crippen LogP contribution in [0.3, 0.4) is 0 Å². The molecule has 16 heavy (non-hydrogen) atoms. The molecule has 0 saturated carbocycles. The van der Waals surface area contributed by atoms with E-state index >= 15 is 0 Å². The van der Waals surface area contributed by atoms with Crippen LogP contribution < -0.4 is 5.32 Å². The Morgan fingerprint density at radius 1 is 1.56 bits per heavy atom. The van der Waals surface area contributed by atoms with Crippen LogP contribution in [-0.2, 0) is 9.53 Å². The van der Waals surface area contributed by atoms with Gasteiger partial charge in [0.15, 0.2) is 5.13 Å². The summed E-state index contributed by atoms with van der Waals surface area (Å²) in [7, 11) is 0. The van der Waals surface area contributed by atoms with Crippen molar-refractivity contribution in [2.24, 2.45) is 0 Å². The molecule has 1 heterocycles. The summed E-state index contributed by atoms with van der Waals surface area (Å²) in [5, 5.41) is 5.70. The highest BCUT2D eigenvalue weighted by molar-refractivity contribution is 7.13. The zero-order valence-corrected chi connectivity index (χ0v) is 11.1. The molecule has 1 unspecified atom stereocenters. The van der Waals surface area contributed by atoms with Crippen molar-refractivity contribution in [3.8, 4) is 0 Å². The van der Waals surface area contributed by atoms with Crippen molar-refractivity contribution < 1.29 is 9.53 Å². The minimum absolute atomic E-state index is 0.264. The Bertz CT molecular complexity index is 368. The smallest absolute Gasteiger partial charge is 0.328 e. The number of aromatic nitrogens is 1. The first-order valence-corrected chi connectivity index (χ1v) is 6.07. The van der Waals surface area contributed by atoms with Crippen molar-refractivity contribution in [3.63, 3.8) is 0 Å². The summed E-state index contributed by atoms with van der Waals surface area (Å²) < 4.78 is 5.25. The van der Waals surface area contributed by atoms with Crippen LogP contribution in [0.1, 0.15) is 33.4 Å². The normalized spacial score (nSPS) is 13.3. The number of aryl methyl sites for hydroxylation is 1. The highest BCUT2D eigenvalue weighted by Crippen LogP contribution is 2.16. The molecule has 0 fully saturated rings. The molecule has 90 valence electrons. The lowest BCUT2D eigenvalue weighted by Gasteiger charge is -2.22. The third-order valence-corrected chi connectivity index (χ3v) is 2.61. The average molecular weight is 242 g/mol. The molecule has 4 nitrogen and oxygen atoms in total. The molecule has 0 saturated heterocycles. The number of nitrogens with zero attached hydrogens (tertiary/aromatic N) is 1. The van der Waals surface area contributed by atoms with Gasteiger partial charge in [0.05, 0.1) is 5.69 Å². The first-order chi connectivity index (χ1) is 7.28. The highest BCUT2D eigenvalue weighted by Gasteiger charge is 2.22. The molecule has 0 aliphatic heterocycles. The number of anilines is 1. The second kappa shape index (κ2) is 4.82. The van der Waals surface area contributed by atoms with E-state index in [0.29, 0.717) is 0 Å². The monoisotopic (exact) mass is 242 g/mol. The van der Waals surface area contributed by atoms with Gasteiger partial charge in [-0.2, -0.15) is 0 Å². The van der Waals surface area contributed by atoms with E-state index in [9.17, 15) is 4.79 Å². The Morgan fingerprint density at radius 3 is 2.62 bits per heavy atom. The van der Waals surface area contributed by atoms with Crippen molar-refractivity contribution in [2.75, 3.05) is 5.32 Å². The first-order valence-electron chi connectivity index (χ1n) is 5.19. The summed E-state index contributed by atoms with van der Waals surface area (Å²) in [5.41, 5.74) is 0.495. The summed E-state index contributed by atoms with van der Waals surface area (Å²) in [6, 6.07) is -0.384. The molecule has 1 atom stereocenters. The Balaban J connectivity index is 2.52. The van der Waals surface area contributed by atoms with Crippen LogP contribution in [0.25, 0.3) is 0 Å². The molecule has 0 bridgehead atoms. The molecule has 0 aromatic carbocycles. The van der Waals surface area contributed by atoms with Gasteiger partial charge in [-0.05, 0) is 34.6 Å². The van der Waals surface area contributed by atoms with Crippen molar-refractivity contribution >= 4 is 22.4 Å². The van der Waals surface area contributed by atoms with Crippen LogP contribution in [0.5, 0.6) is 0 Å². The average Bonchev–Trinajstić information content (AvgIpc) is 2.48. The van der Waals surface area contributed by atoms with Crippen molar-refractivity contribution in [1.82, 2.24) is 4.98 Å². The summed E-state index contributed by atoms with van der Waals surface area (Å²) >= 11 is 1.48. The van der Waals surface area contributed by atoms with E-state index in [-0.39, 0.29) is 12.0 Å². The fraction of sp³-hybridized carbons (Fsp3) is 0.636. The quantitative estimate of drug-likeness (QED) is 0.828. The van der Waals surface area contributed by atoms with Crippen LogP contribution in [0.4, 0.5) is 5.13 Å². The lowest BCUT2D eigenvalue weighted by atomic mass is 10.2. The second-order valence-electron chi connectivity index (χ2n) is 4.69. The Morgan fingerprint density at radius 2 is 2.19 bits per heavy atom. The number of nitrogens with one attached hydrogen (secondary N) is 1. The van der Waals surface area contributed by atoms with Crippen molar-refractivity contribution in [2.45, 2.75) is 46.3 Å². The van der Waals surface area contributed by atoms with E-state index in [2.05, 4.69) is 10.3 Å². The summed E-state index contributed by atoms with van der Waals surface area (Å²) in [4.78, 5) is 15.9. The van der Waals surface area contributed by atoms with Crippen LogP contribution >= 0.6 is 11.3 Å². The topological polar surface area (TPSA) is 51.2 Å². The summed E-state index contributed by atoms with van der Waals surface area (Å²) in [6.45, 7) is 9.24. The molecule has 5 heteroatoms. The Hall–Kier alpha value is -1.10. The van der Waals surface area contributed by atoms with Crippen LogP contribution in [0.2, 0.25) is 0 Å². The standard InChI is InChI=1S/C11H18N2O2S/c1-7-6-16-10(12-7)13-8(2)9(14)15-11(3,4)5/h6,8H,1-5H3,(H,12,13). The number of ether oxygens (including phenoxy) is 1. The summed E-state index contributed by atoms with van der Waals surface area (Å²) in [6.07, 6.45) is 0. The number of hydrogen-bond acceptors (Lipinski definition) is 5. The van der Waals surface area contributed by atoms with E-state index in [4.69, 9.17) is 4.74 Å². The number of rotatable bonds is 3. The van der Waals surface area contributed by atoms with Gasteiger partial charge >= 0.3 is 5.97 Å². The maximum atomic E-state index is 11.7. The van der Waals surface area contributed by atoms with Crippen LogP contribution in [-0.4, -0.2) is 22.6 Å². The minimum atomic E-state index is -0.453. The van der Waals surface area contributed by atoms with Gasteiger partial charge in [0.1, 0.15) is 11.6 Å². The molecular formula is C11H18N2O2S. The number of hydrogen-bond donors (Lipinski definition) is 1. The second-order valence-corrected chi connectivity index (χ2v) is 5.55. The predicted molar refractivity (Wildman–Crippen MR) is 65.8 cm³/mol. The third kappa shape index (κ3) is 4.18. The van der Waals surface area contributed by atoms with Gasteiger partial charge in [0.2, 0.25) is 0 Å². The molecule has 0 aliphatic rings. The van der Waals surface area contributed by atoms with E-state index in [1.165, 1.54) is 11.3 Å². The summed E-state index contributed by atoms with van der Waals surface area (Å²) in [5.74, 6) is -0.264. The highest BCUT2D eigenvalue weighted by atomic mass is 32.1. The van der Waals surface area contributed by atoms with E-state index in [0.717, 1.165) is 10.8 Å². The number of carbonyl (C=O) groups is 1. The zero-order valence-electron chi connectivity index (χ0n) is 10.3. The van der Waals surface area contributed by atoms with E-state index in [1.54, 1.807) is 6.92 Å². The fourth-order valence-electron chi connectivity index (χ4n) is 1.05. The van der Waals surface area contributed by atoms with Crippen LogP contribution in [0, 0.1) is 6.92 Å². The maximum absolute atomic E-state index is 11.7. The molecule has 1 aromatic heterocycles. The molecule has 1 aromatic rings. The molecule has 0 spiro atoms. The first kappa shape index (κ1) is 13.0. The van der Waals surface area contributed by atoms with Gasteiger partial charge in [-0.25, -0.2) is 9.78 Å². The minimum Gasteiger partial charge on any atom is -0.458 e.